The third kappa shape index (κ3) is 2.24. The second-order valence-corrected chi connectivity index (χ2v) is 6.90. The molecule has 2 aliphatic heterocycles. The molecule has 0 aliphatic carbocycles. The Kier molecular flexibility index (Phi) is 3.52. The van der Waals surface area contributed by atoms with Gasteiger partial charge in [-0.25, -0.2) is 0 Å². The molecule has 0 atom stereocenters. The lowest BCUT2D eigenvalue weighted by Gasteiger charge is -2.45. The van der Waals surface area contributed by atoms with Gasteiger partial charge in [-0.15, -0.1) is 0 Å². The van der Waals surface area contributed by atoms with Crippen LogP contribution in [0.2, 0.25) is 11.6 Å². The summed E-state index contributed by atoms with van der Waals surface area (Å²) >= 11 is 0. The molecule has 0 saturated carbocycles. The van der Waals surface area contributed by atoms with Crippen LogP contribution in [0, 0.1) is 5.41 Å². The molecule has 2 heterocycles. The van der Waals surface area contributed by atoms with E-state index in [0.717, 1.165) is 18.3 Å². The van der Waals surface area contributed by atoms with Crippen molar-refractivity contribution < 1.29 is 0 Å². The Hall–Kier alpha value is -0.195. The zero-order valence-corrected chi connectivity index (χ0v) is 11.6. The van der Waals surface area contributed by atoms with Gasteiger partial charge < -0.3 is 0 Å². The van der Waals surface area contributed by atoms with Crippen LogP contribution >= 0.6 is 0 Å². The van der Waals surface area contributed by atoms with E-state index in [0.29, 0.717) is 5.41 Å². The van der Waals surface area contributed by atoms with Crippen molar-refractivity contribution in [2.75, 3.05) is 0 Å². The Morgan fingerprint density at radius 1 is 1.00 bits per heavy atom. The van der Waals surface area contributed by atoms with Gasteiger partial charge in [0.25, 0.3) is 0 Å². The molecule has 2 fully saturated rings. The van der Waals surface area contributed by atoms with Gasteiger partial charge in [-0.1, -0.05) is 82.5 Å². The molecule has 90 valence electrons. The lowest BCUT2D eigenvalue weighted by molar-refractivity contribution is 0.432. The molecule has 0 N–H and O–H groups in total. The topological polar surface area (TPSA) is 0 Å². The van der Waals surface area contributed by atoms with Crippen LogP contribution in [0.1, 0.15) is 66.2 Å². The fraction of sp³-hybridized carbons (Fsp3) is 0.867. The third-order valence-corrected chi connectivity index (χ3v) is 4.85. The molecule has 2 rings (SSSR count). The Bertz CT molecular complexity index is 250. The summed E-state index contributed by atoms with van der Waals surface area (Å²) in [5, 5.41) is 0. The number of rotatable bonds is 1. The maximum atomic E-state index is 2.43. The van der Waals surface area contributed by atoms with Crippen LogP contribution in [-0.4, -0.2) is 6.71 Å². The van der Waals surface area contributed by atoms with Crippen molar-refractivity contribution in [1.29, 1.82) is 0 Å². The summed E-state index contributed by atoms with van der Waals surface area (Å²) in [4.78, 5) is 0. The molecule has 0 unspecified atom stereocenters. The summed E-state index contributed by atoms with van der Waals surface area (Å²) < 4.78 is 0. The maximum absolute atomic E-state index is 2.43. The Labute approximate surface area is 102 Å². The van der Waals surface area contributed by atoms with Crippen LogP contribution in [0.15, 0.2) is 11.5 Å². The summed E-state index contributed by atoms with van der Waals surface area (Å²) in [7, 11) is 0. The van der Waals surface area contributed by atoms with E-state index in [2.05, 4.69) is 33.8 Å². The van der Waals surface area contributed by atoms with Crippen LogP contribution < -0.4 is 0 Å². The van der Waals surface area contributed by atoms with Crippen molar-refractivity contribution in [2.24, 2.45) is 5.41 Å². The molecule has 0 aromatic rings. The fourth-order valence-corrected chi connectivity index (χ4v) is 4.31. The van der Waals surface area contributed by atoms with Crippen molar-refractivity contribution in [1.82, 2.24) is 0 Å². The van der Waals surface area contributed by atoms with Gasteiger partial charge >= 0.3 is 0 Å². The van der Waals surface area contributed by atoms with Gasteiger partial charge in [-0.3, -0.25) is 0 Å². The summed E-state index contributed by atoms with van der Waals surface area (Å²) in [5.41, 5.74) is 2.13. The molecule has 0 aromatic heterocycles. The maximum Gasteiger partial charge on any atom is 0.177 e. The van der Waals surface area contributed by atoms with E-state index in [1.54, 1.807) is 5.47 Å². The average Bonchev–Trinajstić information content (AvgIpc) is 2.15. The van der Waals surface area contributed by atoms with Crippen molar-refractivity contribution in [3.63, 3.8) is 0 Å². The van der Waals surface area contributed by atoms with E-state index in [1.807, 2.05) is 0 Å². The predicted octanol–water partition coefficient (Wildman–Crippen LogP) is 5.12. The third-order valence-electron chi connectivity index (χ3n) is 4.85. The Balaban J connectivity index is 2.24. The summed E-state index contributed by atoms with van der Waals surface area (Å²) in [6.45, 7) is 10.4. The summed E-state index contributed by atoms with van der Waals surface area (Å²) in [6, 6.07) is 0. The Morgan fingerprint density at radius 3 is 1.75 bits per heavy atom. The van der Waals surface area contributed by atoms with Crippen molar-refractivity contribution in [3.05, 3.63) is 11.5 Å². The number of hydrogen-bond acceptors (Lipinski definition) is 0. The highest BCUT2D eigenvalue weighted by molar-refractivity contribution is 6.70. The normalized spacial score (nSPS) is 31.8. The van der Waals surface area contributed by atoms with E-state index in [9.17, 15) is 0 Å². The summed E-state index contributed by atoms with van der Waals surface area (Å²) in [6.07, 6.45) is 11.4. The predicted molar refractivity (Wildman–Crippen MR) is 74.2 cm³/mol. The largest absolute Gasteiger partial charge is 0.177 e. The number of fused-ring (bicyclic) bond motifs is 2. The zero-order valence-electron chi connectivity index (χ0n) is 11.6. The van der Waals surface area contributed by atoms with Gasteiger partial charge in [-0.2, -0.15) is 0 Å². The highest BCUT2D eigenvalue weighted by Gasteiger charge is 2.43. The smallest absolute Gasteiger partial charge is 0.0995 e. The molecule has 0 aromatic carbocycles. The minimum Gasteiger partial charge on any atom is -0.0995 e. The molecule has 16 heavy (non-hydrogen) atoms. The first-order valence-electron chi connectivity index (χ1n) is 7.20. The standard InChI is InChI=1S/C15H27B/c1-5-14(15(2,3)4)16-12-8-6-9-13(16)11-7-10-12/h5,12-13H,6-11H2,1-4H3/b14-5+. The van der Waals surface area contributed by atoms with Gasteiger partial charge in [0.2, 0.25) is 0 Å². The highest BCUT2D eigenvalue weighted by Crippen LogP contribution is 2.51. The molecule has 2 saturated heterocycles. The molecule has 1 heteroatoms. The molecule has 0 nitrogen and oxygen atoms in total. The van der Waals surface area contributed by atoms with Gasteiger partial charge in [-0.05, 0) is 12.3 Å². The van der Waals surface area contributed by atoms with Crippen LogP contribution in [0.3, 0.4) is 0 Å². The molecule has 2 bridgehead atoms. The second kappa shape index (κ2) is 4.59. The second-order valence-electron chi connectivity index (χ2n) is 6.90. The molecule has 0 radical (unpaired) electrons. The van der Waals surface area contributed by atoms with E-state index < -0.39 is 0 Å². The lowest BCUT2D eigenvalue weighted by Crippen LogP contribution is -2.40. The van der Waals surface area contributed by atoms with Gasteiger partial charge in [0, 0.05) is 0 Å². The minimum absolute atomic E-state index is 0.380. The van der Waals surface area contributed by atoms with Crippen LogP contribution in [0.25, 0.3) is 0 Å². The van der Waals surface area contributed by atoms with Gasteiger partial charge in [0.05, 0.1) is 0 Å². The van der Waals surface area contributed by atoms with Crippen LogP contribution in [-0.2, 0) is 0 Å². The van der Waals surface area contributed by atoms with Crippen LogP contribution in [0.5, 0.6) is 0 Å². The molecule has 0 amide bonds. The first kappa shape index (κ1) is 12.3. The van der Waals surface area contributed by atoms with E-state index in [4.69, 9.17) is 0 Å². The summed E-state index contributed by atoms with van der Waals surface area (Å²) in [5.74, 6) is 2.02. The first-order valence-corrected chi connectivity index (χ1v) is 7.20. The van der Waals surface area contributed by atoms with Gasteiger partial charge in [0.1, 0.15) is 0 Å². The highest BCUT2D eigenvalue weighted by atomic mass is 14.3. The van der Waals surface area contributed by atoms with Gasteiger partial charge in [0.15, 0.2) is 6.71 Å². The molecular formula is C15H27B. The molecule has 2 aliphatic rings. The monoisotopic (exact) mass is 218 g/mol. The lowest BCUT2D eigenvalue weighted by atomic mass is 9.22. The molecular weight excluding hydrogens is 191 g/mol. The fourth-order valence-electron chi connectivity index (χ4n) is 4.31. The van der Waals surface area contributed by atoms with E-state index in [1.165, 1.54) is 38.5 Å². The first-order chi connectivity index (χ1) is 7.54. The number of hydrogen-bond donors (Lipinski definition) is 0. The van der Waals surface area contributed by atoms with Crippen molar-refractivity contribution in [3.8, 4) is 0 Å². The zero-order chi connectivity index (χ0) is 11.8. The molecule has 0 spiro atoms. The quantitative estimate of drug-likeness (QED) is 0.536. The van der Waals surface area contributed by atoms with E-state index >= 15 is 0 Å². The van der Waals surface area contributed by atoms with Crippen molar-refractivity contribution >= 4 is 6.71 Å². The number of allylic oxidation sites excluding steroid dienone is 2. The minimum atomic E-state index is 0.380. The Morgan fingerprint density at radius 2 is 1.44 bits per heavy atom. The average molecular weight is 218 g/mol. The van der Waals surface area contributed by atoms with Crippen molar-refractivity contribution in [2.45, 2.75) is 77.9 Å². The van der Waals surface area contributed by atoms with E-state index in [-0.39, 0.29) is 0 Å². The van der Waals surface area contributed by atoms with Crippen LogP contribution in [0.4, 0.5) is 0 Å². The SMILES string of the molecule is C/C=C(/B1C2CCCC1CCC2)C(C)(C)C.